The van der Waals surface area contributed by atoms with Crippen molar-refractivity contribution < 1.29 is 38.1 Å². The molecule has 3 aliphatic heterocycles. The minimum absolute atomic E-state index is 0.0788. The van der Waals surface area contributed by atoms with E-state index in [1.165, 1.54) is 13.8 Å². The average molecular weight is 423 g/mol. The van der Waals surface area contributed by atoms with E-state index in [0.29, 0.717) is 19.5 Å². The lowest BCUT2D eigenvalue weighted by atomic mass is 9.81. The predicted molar refractivity (Wildman–Crippen MR) is 103 cm³/mol. The summed E-state index contributed by atoms with van der Waals surface area (Å²) in [4.78, 5) is 52.7. The van der Waals surface area contributed by atoms with Crippen LogP contribution in [0.1, 0.15) is 40.5 Å². The molecule has 3 aliphatic rings. The number of ether oxygens (including phenoxy) is 4. The van der Waals surface area contributed by atoms with Gasteiger partial charge < -0.3 is 23.8 Å². The molecule has 0 saturated carbocycles. The van der Waals surface area contributed by atoms with Crippen LogP contribution in [0, 0.1) is 5.92 Å². The molecule has 0 aliphatic carbocycles. The van der Waals surface area contributed by atoms with E-state index in [1.54, 1.807) is 19.9 Å². The van der Waals surface area contributed by atoms with Gasteiger partial charge in [-0.05, 0) is 27.3 Å². The van der Waals surface area contributed by atoms with Crippen molar-refractivity contribution in [2.75, 3.05) is 26.7 Å². The Labute approximate surface area is 175 Å². The van der Waals surface area contributed by atoms with E-state index in [-0.39, 0.29) is 18.6 Å². The number of ketones is 1. The Morgan fingerprint density at radius 2 is 1.90 bits per heavy atom. The minimum Gasteiger partial charge on any atom is -0.458 e. The molecular weight excluding hydrogens is 394 g/mol. The quantitative estimate of drug-likeness (QED) is 0.343. The smallest absolute Gasteiger partial charge is 0.350 e. The topological polar surface area (TPSA) is 112 Å². The SMILES string of the molecule is CC(=O)O[C@@]1(C)C(=O)OC/C2=C/CN(C)CC[C@@H](OC(=O)[C@@]3(C[C@H]1C)O[C@H]3C)C2=O. The monoisotopic (exact) mass is 423 g/mol. The maximum Gasteiger partial charge on any atom is 0.350 e. The zero-order valence-corrected chi connectivity index (χ0v) is 18.1. The van der Waals surface area contributed by atoms with Crippen molar-refractivity contribution in [1.29, 1.82) is 0 Å². The fourth-order valence-electron chi connectivity index (χ4n) is 3.98. The molecule has 2 saturated heterocycles. The van der Waals surface area contributed by atoms with Crippen molar-refractivity contribution in [2.24, 2.45) is 5.92 Å². The number of carbonyl (C=O) groups excluding carboxylic acids is 4. The summed E-state index contributed by atoms with van der Waals surface area (Å²) in [7, 11) is 1.88. The highest BCUT2D eigenvalue weighted by molar-refractivity contribution is 6.01. The molecule has 30 heavy (non-hydrogen) atoms. The van der Waals surface area contributed by atoms with Gasteiger partial charge in [-0.2, -0.15) is 0 Å². The molecule has 3 heterocycles. The van der Waals surface area contributed by atoms with Crippen LogP contribution in [0.4, 0.5) is 0 Å². The number of cyclic esters (lactones) is 1. The molecule has 5 atom stereocenters. The molecule has 0 unspecified atom stereocenters. The number of rotatable bonds is 1. The number of esters is 3. The van der Waals surface area contributed by atoms with E-state index < -0.39 is 53.0 Å². The van der Waals surface area contributed by atoms with E-state index in [2.05, 4.69) is 0 Å². The second kappa shape index (κ2) is 8.11. The van der Waals surface area contributed by atoms with Gasteiger partial charge in [-0.25, -0.2) is 9.59 Å². The van der Waals surface area contributed by atoms with Gasteiger partial charge in [-0.3, -0.25) is 9.59 Å². The van der Waals surface area contributed by atoms with Crippen LogP contribution >= 0.6 is 0 Å². The maximum atomic E-state index is 13.1. The molecular formula is C21H29NO8. The number of nitrogens with zero attached hydrogens (tertiary/aromatic N) is 1. The predicted octanol–water partition coefficient (Wildman–Crippen LogP) is 0.792. The van der Waals surface area contributed by atoms with Gasteiger partial charge in [0.25, 0.3) is 0 Å². The summed E-state index contributed by atoms with van der Waals surface area (Å²) >= 11 is 0. The van der Waals surface area contributed by atoms with Crippen LogP contribution in [0.15, 0.2) is 11.6 Å². The van der Waals surface area contributed by atoms with Gasteiger partial charge in [0, 0.05) is 37.9 Å². The highest BCUT2D eigenvalue weighted by Crippen LogP contribution is 2.46. The molecule has 0 aromatic carbocycles. The van der Waals surface area contributed by atoms with E-state index >= 15 is 0 Å². The van der Waals surface area contributed by atoms with Crippen LogP contribution in [-0.2, 0) is 38.1 Å². The normalized spacial score (nSPS) is 40.0. The molecule has 0 N–H and O–H groups in total. The van der Waals surface area contributed by atoms with Crippen molar-refractivity contribution >= 4 is 23.7 Å². The van der Waals surface area contributed by atoms with E-state index in [9.17, 15) is 19.2 Å². The Bertz CT molecular complexity index is 792. The molecule has 1 spiro atoms. The molecule has 9 heteroatoms. The number of carbonyl (C=O) groups is 4. The van der Waals surface area contributed by atoms with E-state index in [0.717, 1.165) is 0 Å². The summed E-state index contributed by atoms with van der Waals surface area (Å²) < 4.78 is 22.0. The van der Waals surface area contributed by atoms with Crippen LogP contribution in [0.25, 0.3) is 0 Å². The molecule has 0 amide bonds. The zero-order chi connectivity index (χ0) is 22.3. The van der Waals surface area contributed by atoms with Crippen molar-refractivity contribution in [1.82, 2.24) is 4.90 Å². The lowest BCUT2D eigenvalue weighted by Gasteiger charge is -2.35. The van der Waals surface area contributed by atoms with E-state index in [4.69, 9.17) is 18.9 Å². The number of epoxide rings is 1. The lowest BCUT2D eigenvalue weighted by Crippen LogP contribution is -2.50. The molecule has 166 valence electrons. The van der Waals surface area contributed by atoms with Crippen molar-refractivity contribution in [2.45, 2.75) is 63.9 Å². The first-order valence-corrected chi connectivity index (χ1v) is 10.2. The van der Waals surface area contributed by atoms with Crippen LogP contribution < -0.4 is 0 Å². The van der Waals surface area contributed by atoms with Crippen molar-refractivity contribution in [3.8, 4) is 0 Å². The second-order valence-electron chi connectivity index (χ2n) is 8.57. The Hall–Kier alpha value is -2.26. The maximum absolute atomic E-state index is 13.1. The summed E-state index contributed by atoms with van der Waals surface area (Å²) in [5.41, 5.74) is -2.70. The summed E-state index contributed by atoms with van der Waals surface area (Å²) in [6.07, 6.45) is 0.648. The number of hydrogen-bond donors (Lipinski definition) is 0. The second-order valence-corrected chi connectivity index (χ2v) is 8.57. The molecule has 9 nitrogen and oxygen atoms in total. The van der Waals surface area contributed by atoms with E-state index in [1.807, 2.05) is 11.9 Å². The zero-order valence-electron chi connectivity index (χ0n) is 18.1. The van der Waals surface area contributed by atoms with Crippen LogP contribution in [-0.4, -0.2) is 78.7 Å². The lowest BCUT2D eigenvalue weighted by molar-refractivity contribution is -0.187. The summed E-state index contributed by atoms with van der Waals surface area (Å²) in [6.45, 7) is 6.82. The molecule has 0 aromatic rings. The first-order chi connectivity index (χ1) is 14.0. The van der Waals surface area contributed by atoms with Gasteiger partial charge in [-0.1, -0.05) is 13.0 Å². The van der Waals surface area contributed by atoms with Gasteiger partial charge in [0.05, 0.1) is 6.10 Å². The minimum atomic E-state index is -1.65. The number of Topliss-reactive ketones (excluding diaryl/α,β-unsaturated/α-hetero) is 1. The highest BCUT2D eigenvalue weighted by Gasteiger charge is 2.64. The highest BCUT2D eigenvalue weighted by atomic mass is 16.7. The van der Waals surface area contributed by atoms with Crippen LogP contribution in [0.3, 0.4) is 0 Å². The van der Waals surface area contributed by atoms with Gasteiger partial charge >= 0.3 is 17.9 Å². The molecule has 0 aromatic heterocycles. The number of hydrogen-bond acceptors (Lipinski definition) is 9. The van der Waals surface area contributed by atoms with Crippen LogP contribution in [0.5, 0.6) is 0 Å². The largest absolute Gasteiger partial charge is 0.458 e. The van der Waals surface area contributed by atoms with Gasteiger partial charge in [0.15, 0.2) is 11.7 Å². The molecule has 2 fully saturated rings. The Morgan fingerprint density at radius 1 is 1.23 bits per heavy atom. The van der Waals surface area contributed by atoms with Crippen LogP contribution in [0.2, 0.25) is 0 Å². The molecule has 0 radical (unpaired) electrons. The third-order valence-corrected chi connectivity index (χ3v) is 6.28. The fourth-order valence-corrected chi connectivity index (χ4v) is 3.98. The number of likely N-dealkylation sites (N-methyl/N-ethyl adjacent to an activating group) is 1. The Balaban J connectivity index is 2.01. The Morgan fingerprint density at radius 3 is 2.50 bits per heavy atom. The average Bonchev–Trinajstić information content (AvgIpc) is 3.32. The Kier molecular flexibility index (Phi) is 6.06. The standard InChI is InChI=1S/C21H29NO8/c1-12-10-21(13(2)29-21)19(26)28-16-7-9-22(5)8-6-15(17(16)24)11-27-18(25)20(12,4)30-14(3)23/h6,12-13,16H,7-11H2,1-5H3/b15-6-/t12-,13+,16-,20-,21+/m1/s1. The summed E-state index contributed by atoms with van der Waals surface area (Å²) in [5.74, 6) is -3.06. The first kappa shape index (κ1) is 22.4. The van der Waals surface area contributed by atoms with Crippen molar-refractivity contribution in [3.05, 3.63) is 11.6 Å². The summed E-state index contributed by atoms with van der Waals surface area (Å²) in [6, 6.07) is 0. The van der Waals surface area contributed by atoms with Crippen molar-refractivity contribution in [3.63, 3.8) is 0 Å². The van der Waals surface area contributed by atoms with Gasteiger partial charge in [-0.15, -0.1) is 0 Å². The third-order valence-electron chi connectivity index (χ3n) is 6.28. The van der Waals surface area contributed by atoms with Gasteiger partial charge in [0.1, 0.15) is 6.61 Å². The van der Waals surface area contributed by atoms with Gasteiger partial charge in [0.2, 0.25) is 11.4 Å². The summed E-state index contributed by atoms with van der Waals surface area (Å²) in [5, 5.41) is 0. The first-order valence-electron chi connectivity index (χ1n) is 10.2. The fraction of sp³-hybridized carbons (Fsp3) is 0.714. The number of fused-ring (bicyclic) bond motifs is 2. The third kappa shape index (κ3) is 4.13. The molecule has 3 rings (SSSR count). The molecule has 2 bridgehead atoms.